The van der Waals surface area contributed by atoms with Crippen LogP contribution in [-0.2, 0) is 5.41 Å². The lowest BCUT2D eigenvalue weighted by molar-refractivity contribution is 0.793. The molecular weight excluding hydrogens is 721 g/mol. The van der Waals surface area contributed by atoms with E-state index >= 15 is 0 Å². The fourth-order valence-electron chi connectivity index (χ4n) is 10.4. The van der Waals surface area contributed by atoms with Gasteiger partial charge in [-0.3, -0.25) is 0 Å². The molecule has 270 valence electrons. The third kappa shape index (κ3) is 4.26. The molecule has 2 nitrogen and oxygen atoms in total. The smallest absolute Gasteiger partial charge is 0.0726 e. The Balaban J connectivity index is 1.07. The summed E-state index contributed by atoms with van der Waals surface area (Å²) < 4.78 is 2.58. The SMILES string of the molecule is c1ccc(-c2ccc(N(c3ccc4c(c3)C3(c5ccccc5-c5ccccc53)c3ccccc3-4)c3ccc4sc5ccc6c7ccccc7[nH]c6c5c4c3)cc2)cc1. The molecule has 2 aliphatic carbocycles. The topological polar surface area (TPSA) is 19.0 Å². The first-order valence-corrected chi connectivity index (χ1v) is 20.8. The number of rotatable bonds is 4. The second kappa shape index (κ2) is 11.9. The lowest BCUT2D eigenvalue weighted by Crippen LogP contribution is -2.26. The Morgan fingerprint density at radius 2 is 0.931 bits per heavy atom. The molecule has 3 heteroatoms. The van der Waals surface area contributed by atoms with Crippen LogP contribution in [0.25, 0.3) is 75.4 Å². The number of aromatic amines is 1. The molecule has 13 rings (SSSR count). The predicted octanol–water partition coefficient (Wildman–Crippen LogP) is 15.2. The molecule has 0 amide bonds. The molecule has 0 bridgehead atoms. The van der Waals surface area contributed by atoms with Crippen molar-refractivity contribution in [1.82, 2.24) is 4.98 Å². The minimum atomic E-state index is -0.424. The fourth-order valence-corrected chi connectivity index (χ4v) is 11.5. The number of benzene rings is 9. The van der Waals surface area contributed by atoms with Gasteiger partial charge in [-0.15, -0.1) is 11.3 Å². The number of hydrogen-bond donors (Lipinski definition) is 1. The molecule has 58 heavy (non-hydrogen) atoms. The Morgan fingerprint density at radius 3 is 1.66 bits per heavy atom. The third-order valence-electron chi connectivity index (χ3n) is 12.8. The van der Waals surface area contributed by atoms with E-state index in [1.54, 1.807) is 0 Å². The van der Waals surface area contributed by atoms with Crippen molar-refractivity contribution in [2.45, 2.75) is 5.41 Å². The zero-order valence-corrected chi connectivity index (χ0v) is 32.2. The van der Waals surface area contributed by atoms with Crippen molar-refractivity contribution in [3.8, 4) is 33.4 Å². The molecule has 0 atom stereocenters. The largest absolute Gasteiger partial charge is 0.354 e. The van der Waals surface area contributed by atoms with Crippen LogP contribution in [0.5, 0.6) is 0 Å². The van der Waals surface area contributed by atoms with Crippen LogP contribution in [0.15, 0.2) is 200 Å². The number of fused-ring (bicyclic) bond motifs is 17. The number of nitrogens with one attached hydrogen (secondary N) is 1. The first kappa shape index (κ1) is 31.9. The minimum Gasteiger partial charge on any atom is -0.354 e. The molecular formula is C55H34N2S. The van der Waals surface area contributed by atoms with Gasteiger partial charge in [0.1, 0.15) is 0 Å². The molecule has 9 aromatic carbocycles. The highest BCUT2D eigenvalue weighted by Crippen LogP contribution is 2.63. The number of thiophene rings is 1. The zero-order valence-electron chi connectivity index (χ0n) is 31.4. The average Bonchev–Trinajstić information content (AvgIpc) is 4.02. The average molecular weight is 755 g/mol. The van der Waals surface area contributed by atoms with E-state index in [1.807, 2.05) is 11.3 Å². The van der Waals surface area contributed by atoms with Gasteiger partial charge in [-0.1, -0.05) is 146 Å². The van der Waals surface area contributed by atoms with Crippen LogP contribution in [0.1, 0.15) is 22.3 Å². The minimum absolute atomic E-state index is 0.424. The van der Waals surface area contributed by atoms with Crippen LogP contribution in [0, 0.1) is 0 Å². The van der Waals surface area contributed by atoms with E-state index in [2.05, 4.69) is 210 Å². The summed E-state index contributed by atoms with van der Waals surface area (Å²) in [6.07, 6.45) is 0. The van der Waals surface area contributed by atoms with Crippen molar-refractivity contribution in [3.63, 3.8) is 0 Å². The number of H-pyrrole nitrogens is 1. The molecule has 0 saturated heterocycles. The first-order chi connectivity index (χ1) is 28.8. The second-order valence-corrected chi connectivity index (χ2v) is 16.8. The summed E-state index contributed by atoms with van der Waals surface area (Å²) in [6, 6.07) is 74.4. The molecule has 1 N–H and O–H groups in total. The van der Waals surface area contributed by atoms with Crippen LogP contribution in [-0.4, -0.2) is 4.98 Å². The van der Waals surface area contributed by atoms with Gasteiger partial charge in [0.15, 0.2) is 0 Å². The Kier molecular flexibility index (Phi) is 6.56. The van der Waals surface area contributed by atoms with E-state index in [1.165, 1.54) is 97.6 Å². The summed E-state index contributed by atoms with van der Waals surface area (Å²) in [5, 5.41) is 5.09. The van der Waals surface area contributed by atoms with Crippen LogP contribution in [0.4, 0.5) is 17.1 Å². The van der Waals surface area contributed by atoms with Crippen LogP contribution >= 0.6 is 11.3 Å². The fraction of sp³-hybridized carbons (Fsp3) is 0.0182. The molecule has 0 saturated carbocycles. The van der Waals surface area contributed by atoms with Crippen molar-refractivity contribution >= 4 is 70.4 Å². The highest BCUT2D eigenvalue weighted by atomic mass is 32.1. The lowest BCUT2D eigenvalue weighted by Gasteiger charge is -2.32. The molecule has 2 aliphatic rings. The normalized spacial score (nSPS) is 13.3. The Bertz CT molecular complexity index is 3400. The van der Waals surface area contributed by atoms with Gasteiger partial charge in [0, 0.05) is 53.5 Å². The number of para-hydroxylation sites is 1. The maximum Gasteiger partial charge on any atom is 0.0726 e. The molecule has 0 fully saturated rings. The van der Waals surface area contributed by atoms with Crippen molar-refractivity contribution in [2.24, 2.45) is 0 Å². The van der Waals surface area contributed by atoms with E-state index in [0.717, 1.165) is 17.1 Å². The van der Waals surface area contributed by atoms with Crippen molar-refractivity contribution < 1.29 is 0 Å². The van der Waals surface area contributed by atoms with E-state index < -0.39 is 5.41 Å². The zero-order chi connectivity index (χ0) is 38.0. The van der Waals surface area contributed by atoms with Gasteiger partial charge in [-0.05, 0) is 110 Å². The van der Waals surface area contributed by atoms with Crippen LogP contribution in [0.3, 0.4) is 0 Å². The van der Waals surface area contributed by atoms with E-state index in [-0.39, 0.29) is 0 Å². The molecule has 0 radical (unpaired) electrons. The maximum absolute atomic E-state index is 3.81. The van der Waals surface area contributed by atoms with E-state index in [0.29, 0.717) is 0 Å². The number of aromatic nitrogens is 1. The Hall–Kier alpha value is -7.20. The summed E-state index contributed by atoms with van der Waals surface area (Å²) in [4.78, 5) is 6.27. The number of hydrogen-bond acceptors (Lipinski definition) is 2. The predicted molar refractivity (Wildman–Crippen MR) is 245 cm³/mol. The molecule has 0 unspecified atom stereocenters. The van der Waals surface area contributed by atoms with Gasteiger partial charge in [0.2, 0.25) is 0 Å². The maximum atomic E-state index is 3.81. The lowest BCUT2D eigenvalue weighted by atomic mass is 9.70. The molecule has 1 spiro atoms. The van der Waals surface area contributed by atoms with Gasteiger partial charge < -0.3 is 9.88 Å². The molecule has 2 aromatic heterocycles. The van der Waals surface area contributed by atoms with Crippen molar-refractivity contribution in [1.29, 1.82) is 0 Å². The standard InChI is InChI=1S/C55H34N2S/c1-2-12-34(13-3-1)35-22-24-36(25-23-35)57(37-27-30-51-45(32-37)53-52(58-51)31-29-44-43-17-7-11-21-50(43)56-54(44)53)38-26-28-42-41-16-6-10-20-48(41)55(49(42)33-38)46-18-8-4-14-39(46)40-15-5-9-19-47(40)55/h1-33,56H. The molecule has 11 aromatic rings. The van der Waals surface area contributed by atoms with Gasteiger partial charge in [-0.25, -0.2) is 0 Å². The molecule has 2 heterocycles. The Labute approximate surface area is 339 Å². The summed E-state index contributed by atoms with van der Waals surface area (Å²) in [5.41, 5.74) is 18.4. The highest BCUT2D eigenvalue weighted by molar-refractivity contribution is 7.26. The summed E-state index contributed by atoms with van der Waals surface area (Å²) in [6.45, 7) is 0. The quantitative estimate of drug-likeness (QED) is 0.190. The third-order valence-corrected chi connectivity index (χ3v) is 14.0. The first-order valence-electron chi connectivity index (χ1n) is 20.0. The van der Waals surface area contributed by atoms with Crippen molar-refractivity contribution in [3.05, 3.63) is 222 Å². The summed E-state index contributed by atoms with van der Waals surface area (Å²) >= 11 is 1.87. The highest BCUT2D eigenvalue weighted by Gasteiger charge is 2.51. The van der Waals surface area contributed by atoms with Gasteiger partial charge in [0.25, 0.3) is 0 Å². The summed E-state index contributed by atoms with van der Waals surface area (Å²) in [7, 11) is 0. The summed E-state index contributed by atoms with van der Waals surface area (Å²) in [5.74, 6) is 0. The number of anilines is 3. The van der Waals surface area contributed by atoms with Gasteiger partial charge >= 0.3 is 0 Å². The van der Waals surface area contributed by atoms with E-state index in [4.69, 9.17) is 0 Å². The van der Waals surface area contributed by atoms with Crippen LogP contribution < -0.4 is 4.90 Å². The van der Waals surface area contributed by atoms with E-state index in [9.17, 15) is 0 Å². The van der Waals surface area contributed by atoms with Gasteiger partial charge in [-0.2, -0.15) is 0 Å². The Morgan fingerprint density at radius 1 is 0.379 bits per heavy atom. The monoisotopic (exact) mass is 754 g/mol. The van der Waals surface area contributed by atoms with Gasteiger partial charge in [0.05, 0.1) is 10.9 Å². The van der Waals surface area contributed by atoms with Crippen molar-refractivity contribution in [2.75, 3.05) is 4.90 Å². The second-order valence-electron chi connectivity index (χ2n) is 15.7. The van der Waals surface area contributed by atoms with Crippen LogP contribution in [0.2, 0.25) is 0 Å². The molecule has 0 aliphatic heterocycles. The number of nitrogens with zero attached hydrogens (tertiary/aromatic N) is 1.